The van der Waals surface area contributed by atoms with E-state index in [0.717, 1.165) is 24.6 Å². The van der Waals surface area contributed by atoms with Crippen LogP contribution in [0.4, 0.5) is 8.78 Å². The van der Waals surface area contributed by atoms with Gasteiger partial charge in [0.25, 0.3) is 0 Å². The summed E-state index contributed by atoms with van der Waals surface area (Å²) in [5.74, 6) is -1.87. The first-order chi connectivity index (χ1) is 11.4. The van der Waals surface area contributed by atoms with E-state index in [1.54, 1.807) is 12.1 Å². The summed E-state index contributed by atoms with van der Waals surface area (Å²) in [6, 6.07) is 9.91. The molecule has 0 spiro atoms. The molecule has 0 bridgehead atoms. The summed E-state index contributed by atoms with van der Waals surface area (Å²) in [7, 11) is 3.90. The summed E-state index contributed by atoms with van der Waals surface area (Å²) in [4.78, 5) is 13.4. The fourth-order valence-electron chi connectivity index (χ4n) is 2.74. The normalized spacial score (nSPS) is 12.4. The topological polar surface area (TPSA) is 40.5 Å². The first-order valence-corrected chi connectivity index (χ1v) is 7.78. The van der Waals surface area contributed by atoms with E-state index in [0.29, 0.717) is 12.0 Å². The average molecular weight is 333 g/mol. The van der Waals surface area contributed by atoms with Gasteiger partial charge in [-0.2, -0.15) is 0 Å². The Morgan fingerprint density at radius 2 is 1.71 bits per heavy atom. The predicted molar refractivity (Wildman–Crippen MR) is 89.4 cm³/mol. The van der Waals surface area contributed by atoms with E-state index < -0.39 is 11.8 Å². The van der Waals surface area contributed by atoms with Gasteiger partial charge in [-0.25, -0.2) is 13.6 Å². The summed E-state index contributed by atoms with van der Waals surface area (Å²) in [6.45, 7) is 0.791. The van der Waals surface area contributed by atoms with Crippen molar-refractivity contribution in [2.24, 2.45) is 0 Å². The number of hydrogen-bond acceptors (Lipinski definition) is 2. The minimum Gasteiger partial charge on any atom is -0.478 e. The van der Waals surface area contributed by atoms with Crippen molar-refractivity contribution >= 4 is 5.97 Å². The molecule has 0 aliphatic rings. The number of hydrogen-bond donors (Lipinski definition) is 1. The minimum absolute atomic E-state index is 0.0205. The van der Waals surface area contributed by atoms with E-state index in [2.05, 4.69) is 0 Å². The van der Waals surface area contributed by atoms with Crippen molar-refractivity contribution in [1.29, 1.82) is 0 Å². The predicted octanol–water partition coefficient (Wildman–Crippen LogP) is 3.94. The van der Waals surface area contributed by atoms with Crippen LogP contribution in [0.1, 0.15) is 33.8 Å². The van der Waals surface area contributed by atoms with Gasteiger partial charge < -0.3 is 10.0 Å². The number of carbonyl (C=O) groups is 1. The van der Waals surface area contributed by atoms with Gasteiger partial charge in [0.05, 0.1) is 5.56 Å². The van der Waals surface area contributed by atoms with E-state index in [1.165, 1.54) is 24.3 Å². The van der Waals surface area contributed by atoms with Crippen LogP contribution in [0.2, 0.25) is 0 Å². The number of aromatic carboxylic acids is 1. The Hall–Kier alpha value is -2.27. The zero-order valence-electron chi connectivity index (χ0n) is 13.8. The van der Waals surface area contributed by atoms with Crippen LogP contribution >= 0.6 is 0 Å². The molecule has 0 heterocycles. The van der Waals surface area contributed by atoms with Crippen molar-refractivity contribution in [2.45, 2.75) is 18.8 Å². The molecule has 1 unspecified atom stereocenters. The molecule has 0 aromatic heterocycles. The first-order valence-electron chi connectivity index (χ1n) is 7.78. The minimum atomic E-state index is -1.07. The Balaban J connectivity index is 2.32. The molecule has 5 heteroatoms. The molecule has 0 saturated heterocycles. The maximum Gasteiger partial charge on any atom is 0.335 e. The van der Waals surface area contributed by atoms with Gasteiger partial charge in [0, 0.05) is 0 Å². The van der Waals surface area contributed by atoms with Crippen LogP contribution in [0.15, 0.2) is 42.5 Å². The molecule has 3 nitrogen and oxygen atoms in total. The van der Waals surface area contributed by atoms with Crippen LogP contribution in [0.3, 0.4) is 0 Å². The van der Waals surface area contributed by atoms with E-state index in [4.69, 9.17) is 0 Å². The third-order valence-corrected chi connectivity index (χ3v) is 4.03. The second-order valence-electron chi connectivity index (χ2n) is 6.15. The van der Waals surface area contributed by atoms with Gasteiger partial charge in [0.15, 0.2) is 0 Å². The van der Waals surface area contributed by atoms with Crippen LogP contribution in [-0.4, -0.2) is 36.6 Å². The van der Waals surface area contributed by atoms with Gasteiger partial charge >= 0.3 is 5.97 Å². The van der Waals surface area contributed by atoms with Gasteiger partial charge in [-0.1, -0.05) is 12.1 Å². The highest BCUT2D eigenvalue weighted by molar-refractivity contribution is 5.89. The van der Waals surface area contributed by atoms with Crippen LogP contribution < -0.4 is 0 Å². The van der Waals surface area contributed by atoms with Crippen molar-refractivity contribution < 1.29 is 18.7 Å². The Labute approximate surface area is 140 Å². The molecule has 2 rings (SSSR count). The summed E-state index contributed by atoms with van der Waals surface area (Å²) < 4.78 is 26.8. The SMILES string of the molecule is CN(C)CCC(Cc1cc(F)ccc1C(=O)O)c1ccc(F)cc1. The molecule has 0 amide bonds. The number of halogens is 2. The molecule has 0 radical (unpaired) electrons. The van der Waals surface area contributed by atoms with Gasteiger partial charge in [-0.15, -0.1) is 0 Å². The van der Waals surface area contributed by atoms with Gasteiger partial charge in [0.1, 0.15) is 11.6 Å². The van der Waals surface area contributed by atoms with Gasteiger partial charge in [-0.3, -0.25) is 0 Å². The summed E-state index contributed by atoms with van der Waals surface area (Å²) >= 11 is 0. The van der Waals surface area contributed by atoms with E-state index in [9.17, 15) is 18.7 Å². The lowest BCUT2D eigenvalue weighted by molar-refractivity contribution is 0.0695. The van der Waals surface area contributed by atoms with Crippen molar-refractivity contribution in [2.75, 3.05) is 20.6 Å². The Kier molecular flexibility index (Phi) is 6.04. The Morgan fingerprint density at radius 1 is 1.08 bits per heavy atom. The Morgan fingerprint density at radius 3 is 2.29 bits per heavy atom. The lowest BCUT2D eigenvalue weighted by Crippen LogP contribution is -2.18. The lowest BCUT2D eigenvalue weighted by atomic mass is 9.87. The molecule has 0 saturated carbocycles. The largest absolute Gasteiger partial charge is 0.478 e. The second kappa shape index (κ2) is 8.02. The van der Waals surface area contributed by atoms with E-state index >= 15 is 0 Å². The van der Waals surface area contributed by atoms with Gasteiger partial charge in [-0.05, 0) is 80.9 Å². The number of benzene rings is 2. The van der Waals surface area contributed by atoms with Crippen molar-refractivity contribution in [3.05, 3.63) is 70.8 Å². The smallest absolute Gasteiger partial charge is 0.335 e. The van der Waals surface area contributed by atoms with Crippen molar-refractivity contribution in [3.63, 3.8) is 0 Å². The molecule has 0 aliphatic heterocycles. The van der Waals surface area contributed by atoms with Gasteiger partial charge in [0.2, 0.25) is 0 Å². The van der Waals surface area contributed by atoms with Crippen LogP contribution in [0, 0.1) is 11.6 Å². The highest BCUT2D eigenvalue weighted by Gasteiger charge is 2.18. The van der Waals surface area contributed by atoms with Crippen LogP contribution in [0.5, 0.6) is 0 Å². The van der Waals surface area contributed by atoms with E-state index in [1.807, 2.05) is 19.0 Å². The molecule has 0 aliphatic carbocycles. The number of nitrogens with zero attached hydrogens (tertiary/aromatic N) is 1. The fourth-order valence-corrected chi connectivity index (χ4v) is 2.74. The molecule has 1 atom stereocenters. The second-order valence-corrected chi connectivity index (χ2v) is 6.15. The summed E-state index contributed by atoms with van der Waals surface area (Å²) in [5, 5.41) is 9.31. The summed E-state index contributed by atoms with van der Waals surface area (Å²) in [6.07, 6.45) is 1.15. The zero-order chi connectivity index (χ0) is 17.7. The average Bonchev–Trinajstić information content (AvgIpc) is 2.52. The highest BCUT2D eigenvalue weighted by atomic mass is 19.1. The maximum absolute atomic E-state index is 13.6. The van der Waals surface area contributed by atoms with Crippen molar-refractivity contribution in [1.82, 2.24) is 4.90 Å². The molecule has 24 heavy (non-hydrogen) atoms. The van der Waals surface area contributed by atoms with Crippen molar-refractivity contribution in [3.8, 4) is 0 Å². The van der Waals surface area contributed by atoms with Crippen LogP contribution in [-0.2, 0) is 6.42 Å². The third kappa shape index (κ3) is 4.86. The molecule has 1 N–H and O–H groups in total. The molecular weight excluding hydrogens is 312 g/mol. The summed E-state index contributed by atoms with van der Waals surface area (Å²) in [5.41, 5.74) is 1.47. The number of carboxylic acid groups (broad SMARTS) is 1. The number of rotatable bonds is 7. The Bertz CT molecular complexity index is 699. The quantitative estimate of drug-likeness (QED) is 0.834. The van der Waals surface area contributed by atoms with E-state index in [-0.39, 0.29) is 17.3 Å². The monoisotopic (exact) mass is 333 g/mol. The van der Waals surface area contributed by atoms with Crippen LogP contribution in [0.25, 0.3) is 0 Å². The standard InChI is InChI=1S/C19H21F2NO2/c1-22(2)10-9-14(13-3-5-16(20)6-4-13)11-15-12-17(21)7-8-18(15)19(23)24/h3-8,12,14H,9-11H2,1-2H3,(H,23,24). The third-order valence-electron chi connectivity index (χ3n) is 4.03. The molecule has 2 aromatic rings. The fraction of sp³-hybridized carbons (Fsp3) is 0.316. The molecule has 128 valence electrons. The molecular formula is C19H21F2NO2. The zero-order valence-corrected chi connectivity index (χ0v) is 13.8. The first kappa shape index (κ1) is 18.1. The lowest BCUT2D eigenvalue weighted by Gasteiger charge is -2.21. The number of carboxylic acids is 1. The molecule has 0 fully saturated rings. The highest BCUT2D eigenvalue weighted by Crippen LogP contribution is 2.27. The molecule has 2 aromatic carbocycles. The maximum atomic E-state index is 13.6.